The number of amides is 1. The molecule has 0 radical (unpaired) electrons. The molecule has 0 bridgehead atoms. The maximum atomic E-state index is 11.8. The van der Waals surface area contributed by atoms with Gasteiger partial charge in [0.2, 0.25) is 5.91 Å². The summed E-state index contributed by atoms with van der Waals surface area (Å²) < 4.78 is 1.55. The van der Waals surface area contributed by atoms with E-state index in [0.717, 1.165) is 0 Å². The highest BCUT2D eigenvalue weighted by Gasteiger charge is 2.11. The monoisotopic (exact) mass is 332 g/mol. The fourth-order valence-electron chi connectivity index (χ4n) is 1.59. The largest absolute Gasteiger partial charge is 0.324 e. The van der Waals surface area contributed by atoms with Crippen molar-refractivity contribution in [2.75, 3.05) is 18.9 Å². The second-order valence-corrected chi connectivity index (χ2v) is 4.19. The van der Waals surface area contributed by atoms with Crippen LogP contribution in [0.2, 0.25) is 0 Å². The summed E-state index contributed by atoms with van der Waals surface area (Å²) in [5, 5.41) is 9.76. The summed E-state index contributed by atoms with van der Waals surface area (Å²) in [6, 6.07) is 3.56. The van der Waals surface area contributed by atoms with E-state index in [2.05, 4.69) is 25.7 Å². The zero-order valence-corrected chi connectivity index (χ0v) is 13.3. The average molecular weight is 333 g/mol. The molecule has 0 spiro atoms. The van der Waals surface area contributed by atoms with Crippen molar-refractivity contribution in [1.82, 2.24) is 25.1 Å². The molecule has 0 aliphatic heterocycles. The minimum Gasteiger partial charge on any atom is -0.324 e. The summed E-state index contributed by atoms with van der Waals surface area (Å²) in [7, 11) is 1.82. The summed E-state index contributed by atoms with van der Waals surface area (Å²) in [5.41, 5.74) is 0.664. The number of rotatable bonds is 5. The third-order valence-electron chi connectivity index (χ3n) is 2.63. The first-order chi connectivity index (χ1) is 9.20. The number of hydrogen-bond acceptors (Lipinski definition) is 5. The molecule has 1 amide bonds. The summed E-state index contributed by atoms with van der Waals surface area (Å²) in [4.78, 5) is 19.9. The number of halogens is 2. The Hall–Kier alpha value is -1.70. The number of anilines is 1. The highest BCUT2D eigenvalue weighted by Crippen LogP contribution is 2.10. The van der Waals surface area contributed by atoms with Gasteiger partial charge in [0.1, 0.15) is 12.7 Å². The van der Waals surface area contributed by atoms with Gasteiger partial charge in [-0.1, -0.05) is 6.92 Å². The molecule has 2 heterocycles. The van der Waals surface area contributed by atoms with Gasteiger partial charge in [0.15, 0.2) is 5.82 Å². The summed E-state index contributed by atoms with van der Waals surface area (Å²) in [5.74, 6) is 0.517. The zero-order chi connectivity index (χ0) is 13.7. The maximum absolute atomic E-state index is 11.8. The topological polar surface area (TPSA) is 84.7 Å². The van der Waals surface area contributed by atoms with E-state index in [0.29, 0.717) is 18.1 Å². The minimum atomic E-state index is -0.0972. The molecule has 1 unspecified atom stereocenters. The SMILES string of the molecule is CNCC(C)C(=O)Nc1ccc(-n2cncn2)nc1.Cl.Cl. The molecule has 0 saturated heterocycles. The van der Waals surface area contributed by atoms with Crippen LogP contribution in [0.1, 0.15) is 6.92 Å². The molecule has 0 aliphatic rings. The van der Waals surface area contributed by atoms with E-state index < -0.39 is 0 Å². The second-order valence-electron chi connectivity index (χ2n) is 4.19. The predicted molar refractivity (Wildman–Crippen MR) is 85.4 cm³/mol. The Balaban J connectivity index is 0.00000200. The lowest BCUT2D eigenvalue weighted by molar-refractivity contribution is -0.119. The number of carbonyl (C=O) groups excluding carboxylic acids is 1. The zero-order valence-electron chi connectivity index (χ0n) is 11.7. The lowest BCUT2D eigenvalue weighted by Crippen LogP contribution is -2.28. The van der Waals surface area contributed by atoms with Crippen molar-refractivity contribution in [2.45, 2.75) is 6.92 Å². The first-order valence-corrected chi connectivity index (χ1v) is 5.97. The van der Waals surface area contributed by atoms with E-state index >= 15 is 0 Å². The normalized spacial score (nSPS) is 11.0. The number of aromatic nitrogens is 4. The third kappa shape index (κ3) is 5.30. The van der Waals surface area contributed by atoms with Gasteiger partial charge in [-0.3, -0.25) is 4.79 Å². The Morgan fingerprint density at radius 2 is 2.14 bits per heavy atom. The molecule has 7 nitrogen and oxygen atoms in total. The van der Waals surface area contributed by atoms with Gasteiger partial charge in [0, 0.05) is 12.5 Å². The van der Waals surface area contributed by atoms with Crippen molar-refractivity contribution >= 4 is 36.4 Å². The molecular formula is C12H18Cl2N6O. The average Bonchev–Trinajstić information content (AvgIpc) is 2.94. The first kappa shape index (κ1) is 19.3. The van der Waals surface area contributed by atoms with Crippen LogP contribution in [0.3, 0.4) is 0 Å². The van der Waals surface area contributed by atoms with Gasteiger partial charge in [-0.2, -0.15) is 5.10 Å². The smallest absolute Gasteiger partial charge is 0.228 e. The second kappa shape index (κ2) is 9.28. The highest BCUT2D eigenvalue weighted by molar-refractivity contribution is 5.92. The van der Waals surface area contributed by atoms with Gasteiger partial charge >= 0.3 is 0 Å². The molecule has 0 aromatic carbocycles. The molecule has 2 aromatic heterocycles. The van der Waals surface area contributed by atoms with E-state index in [1.807, 2.05) is 14.0 Å². The van der Waals surface area contributed by atoms with Crippen molar-refractivity contribution in [1.29, 1.82) is 0 Å². The van der Waals surface area contributed by atoms with Crippen molar-refractivity contribution in [3.8, 4) is 5.82 Å². The Morgan fingerprint density at radius 1 is 1.38 bits per heavy atom. The molecule has 0 aliphatic carbocycles. The standard InChI is InChI=1S/C12H16N6O.2ClH/c1-9(5-13-2)12(19)17-10-3-4-11(15-6-10)18-8-14-7-16-18;;/h3-4,6-9,13H,5H2,1-2H3,(H,17,19);2*1H. The maximum Gasteiger partial charge on any atom is 0.228 e. The third-order valence-corrected chi connectivity index (χ3v) is 2.63. The summed E-state index contributed by atoms with van der Waals surface area (Å²) in [6.07, 6.45) is 4.60. The Bertz CT molecular complexity index is 531. The number of nitrogens with zero attached hydrogens (tertiary/aromatic N) is 4. The Kier molecular flexibility index (Phi) is 8.52. The number of hydrogen-bond donors (Lipinski definition) is 2. The van der Waals surface area contributed by atoms with Crippen LogP contribution in [0.25, 0.3) is 5.82 Å². The lowest BCUT2D eigenvalue weighted by Gasteiger charge is -2.11. The minimum absolute atomic E-state index is 0. The molecule has 9 heteroatoms. The van der Waals surface area contributed by atoms with Crippen LogP contribution in [0.5, 0.6) is 0 Å². The van der Waals surface area contributed by atoms with E-state index in [1.165, 1.54) is 6.33 Å². The molecule has 1 atom stereocenters. The van der Waals surface area contributed by atoms with Crippen molar-refractivity contribution < 1.29 is 4.79 Å². The van der Waals surface area contributed by atoms with Crippen LogP contribution < -0.4 is 10.6 Å². The molecular weight excluding hydrogens is 315 g/mol. The first-order valence-electron chi connectivity index (χ1n) is 5.97. The Labute approximate surface area is 135 Å². The molecule has 2 aromatic rings. The van der Waals surface area contributed by atoms with Gasteiger partial charge < -0.3 is 10.6 Å². The van der Waals surface area contributed by atoms with E-state index in [1.54, 1.807) is 29.3 Å². The van der Waals surface area contributed by atoms with E-state index in [-0.39, 0.29) is 36.6 Å². The van der Waals surface area contributed by atoms with Gasteiger partial charge in [0.05, 0.1) is 11.9 Å². The van der Waals surface area contributed by atoms with Gasteiger partial charge in [-0.15, -0.1) is 24.8 Å². The fourth-order valence-corrected chi connectivity index (χ4v) is 1.59. The molecule has 21 heavy (non-hydrogen) atoms. The van der Waals surface area contributed by atoms with Crippen LogP contribution in [-0.2, 0) is 4.79 Å². The van der Waals surface area contributed by atoms with Gasteiger partial charge in [0.25, 0.3) is 0 Å². The van der Waals surface area contributed by atoms with Crippen LogP contribution in [0.4, 0.5) is 5.69 Å². The van der Waals surface area contributed by atoms with Gasteiger partial charge in [-0.05, 0) is 19.2 Å². The summed E-state index contributed by atoms with van der Waals surface area (Å²) >= 11 is 0. The van der Waals surface area contributed by atoms with Crippen LogP contribution in [0, 0.1) is 5.92 Å². The Morgan fingerprint density at radius 3 is 2.67 bits per heavy atom. The molecule has 2 N–H and O–H groups in total. The predicted octanol–water partition coefficient (Wildman–Crippen LogP) is 1.30. The molecule has 0 fully saturated rings. The van der Waals surface area contributed by atoms with Crippen molar-refractivity contribution in [3.05, 3.63) is 31.0 Å². The molecule has 0 saturated carbocycles. The highest BCUT2D eigenvalue weighted by atomic mass is 35.5. The van der Waals surface area contributed by atoms with Crippen LogP contribution in [0.15, 0.2) is 31.0 Å². The molecule has 116 valence electrons. The molecule has 2 rings (SSSR count). The van der Waals surface area contributed by atoms with E-state index in [9.17, 15) is 4.79 Å². The quantitative estimate of drug-likeness (QED) is 0.862. The fraction of sp³-hybridized carbons (Fsp3) is 0.333. The number of pyridine rings is 1. The van der Waals surface area contributed by atoms with Crippen LogP contribution >= 0.6 is 24.8 Å². The summed E-state index contributed by atoms with van der Waals surface area (Å²) in [6.45, 7) is 2.50. The van der Waals surface area contributed by atoms with Crippen LogP contribution in [-0.4, -0.2) is 39.2 Å². The van der Waals surface area contributed by atoms with E-state index in [4.69, 9.17) is 0 Å². The number of nitrogens with one attached hydrogen (secondary N) is 2. The van der Waals surface area contributed by atoms with Crippen molar-refractivity contribution in [2.24, 2.45) is 5.92 Å². The lowest BCUT2D eigenvalue weighted by atomic mass is 10.1. The number of carbonyl (C=O) groups is 1. The van der Waals surface area contributed by atoms with Crippen molar-refractivity contribution in [3.63, 3.8) is 0 Å². The van der Waals surface area contributed by atoms with Gasteiger partial charge in [-0.25, -0.2) is 14.6 Å².